The molecule has 2 N–H and O–H groups in total. The SMILES string of the molecule is Cc1nnc(CN(C)C(=O)NCCSCc2nc[nH]c2C)o1. The molecule has 2 aromatic heterocycles. The van der Waals surface area contributed by atoms with Crippen molar-refractivity contribution in [3.05, 3.63) is 29.5 Å². The van der Waals surface area contributed by atoms with Crippen LogP contribution in [0.15, 0.2) is 10.7 Å². The van der Waals surface area contributed by atoms with E-state index in [0.29, 0.717) is 24.9 Å². The number of rotatable bonds is 7. The van der Waals surface area contributed by atoms with Crippen LogP contribution in [0.2, 0.25) is 0 Å². The largest absolute Gasteiger partial charge is 0.424 e. The number of aromatic amines is 1. The van der Waals surface area contributed by atoms with Gasteiger partial charge in [0, 0.05) is 37.7 Å². The molecule has 0 aromatic carbocycles. The third-order valence-electron chi connectivity index (χ3n) is 2.98. The molecule has 0 aliphatic heterocycles. The van der Waals surface area contributed by atoms with Gasteiger partial charge in [0.15, 0.2) is 0 Å². The van der Waals surface area contributed by atoms with Gasteiger partial charge in [-0.05, 0) is 6.92 Å². The lowest BCUT2D eigenvalue weighted by Crippen LogP contribution is -2.37. The Morgan fingerprint density at radius 2 is 2.27 bits per heavy atom. The topological polar surface area (TPSA) is 99.9 Å². The predicted molar refractivity (Wildman–Crippen MR) is 83.4 cm³/mol. The summed E-state index contributed by atoms with van der Waals surface area (Å²) in [7, 11) is 1.69. The molecule has 8 nitrogen and oxygen atoms in total. The van der Waals surface area contributed by atoms with Crippen molar-refractivity contribution >= 4 is 17.8 Å². The highest BCUT2D eigenvalue weighted by Crippen LogP contribution is 2.11. The maximum absolute atomic E-state index is 11.9. The Labute approximate surface area is 133 Å². The van der Waals surface area contributed by atoms with Gasteiger partial charge < -0.3 is 19.6 Å². The minimum absolute atomic E-state index is 0.160. The summed E-state index contributed by atoms with van der Waals surface area (Å²) in [6, 6.07) is -0.160. The van der Waals surface area contributed by atoms with Gasteiger partial charge in [0.05, 0.1) is 12.0 Å². The third kappa shape index (κ3) is 4.76. The highest BCUT2D eigenvalue weighted by molar-refractivity contribution is 7.98. The van der Waals surface area contributed by atoms with Crippen molar-refractivity contribution in [3.8, 4) is 0 Å². The fourth-order valence-electron chi connectivity index (χ4n) is 1.74. The molecule has 2 heterocycles. The molecule has 120 valence electrons. The standard InChI is InChI=1S/C13H20N6O2S/c1-9-11(16-8-15-9)7-22-5-4-14-13(20)19(3)6-12-18-17-10(2)21-12/h8H,4-7H2,1-3H3,(H,14,20)(H,15,16). The first-order chi connectivity index (χ1) is 10.6. The van der Waals surface area contributed by atoms with E-state index in [-0.39, 0.29) is 6.03 Å². The molecule has 2 aromatic rings. The number of urea groups is 1. The summed E-state index contributed by atoms with van der Waals surface area (Å²) < 4.78 is 5.24. The lowest BCUT2D eigenvalue weighted by atomic mass is 10.4. The highest BCUT2D eigenvalue weighted by Gasteiger charge is 2.12. The first-order valence-corrected chi connectivity index (χ1v) is 8.06. The van der Waals surface area contributed by atoms with E-state index < -0.39 is 0 Å². The van der Waals surface area contributed by atoms with Gasteiger partial charge in [-0.25, -0.2) is 9.78 Å². The zero-order valence-electron chi connectivity index (χ0n) is 12.9. The molecule has 0 aliphatic carbocycles. The molecule has 0 radical (unpaired) electrons. The van der Waals surface area contributed by atoms with Gasteiger partial charge in [-0.2, -0.15) is 11.8 Å². The summed E-state index contributed by atoms with van der Waals surface area (Å²) in [5.41, 5.74) is 2.14. The fraction of sp³-hybridized carbons (Fsp3) is 0.538. The minimum atomic E-state index is -0.160. The zero-order chi connectivity index (χ0) is 15.9. The van der Waals surface area contributed by atoms with Crippen molar-refractivity contribution < 1.29 is 9.21 Å². The number of nitrogens with one attached hydrogen (secondary N) is 2. The average molecular weight is 324 g/mol. The van der Waals surface area contributed by atoms with E-state index in [2.05, 4.69) is 25.5 Å². The van der Waals surface area contributed by atoms with E-state index in [4.69, 9.17) is 4.42 Å². The van der Waals surface area contributed by atoms with Crippen molar-refractivity contribution in [1.82, 2.24) is 30.4 Å². The first-order valence-electron chi connectivity index (χ1n) is 6.91. The molecule has 22 heavy (non-hydrogen) atoms. The molecule has 0 bridgehead atoms. The lowest BCUT2D eigenvalue weighted by Gasteiger charge is -2.15. The van der Waals surface area contributed by atoms with Crippen molar-refractivity contribution in [2.24, 2.45) is 0 Å². The van der Waals surface area contributed by atoms with Gasteiger partial charge in [0.1, 0.15) is 6.54 Å². The van der Waals surface area contributed by atoms with Crippen LogP contribution in [-0.2, 0) is 12.3 Å². The van der Waals surface area contributed by atoms with Gasteiger partial charge in [-0.3, -0.25) is 0 Å². The van der Waals surface area contributed by atoms with Crippen molar-refractivity contribution in [3.63, 3.8) is 0 Å². The Bertz CT molecular complexity index is 611. The van der Waals surface area contributed by atoms with E-state index in [9.17, 15) is 4.79 Å². The number of aryl methyl sites for hydroxylation is 2. The number of carbonyl (C=O) groups excluding carboxylic acids is 1. The molecule has 0 atom stereocenters. The van der Waals surface area contributed by atoms with E-state index in [1.807, 2.05) is 6.92 Å². The van der Waals surface area contributed by atoms with Gasteiger partial charge in [0.2, 0.25) is 11.8 Å². The number of hydrogen-bond acceptors (Lipinski definition) is 6. The first kappa shape index (κ1) is 16.3. The van der Waals surface area contributed by atoms with Crippen LogP contribution < -0.4 is 5.32 Å². The number of thioether (sulfide) groups is 1. The lowest BCUT2D eigenvalue weighted by molar-refractivity contribution is 0.202. The summed E-state index contributed by atoms with van der Waals surface area (Å²) in [4.78, 5) is 20.7. The van der Waals surface area contributed by atoms with E-state index in [1.54, 1.807) is 32.1 Å². The van der Waals surface area contributed by atoms with E-state index >= 15 is 0 Å². The van der Waals surface area contributed by atoms with Gasteiger partial charge >= 0.3 is 6.03 Å². The summed E-state index contributed by atoms with van der Waals surface area (Å²) >= 11 is 1.73. The molecule has 2 rings (SSSR count). The Morgan fingerprint density at radius 1 is 1.45 bits per heavy atom. The summed E-state index contributed by atoms with van der Waals surface area (Å²) in [6.45, 7) is 4.61. The molecule has 0 saturated carbocycles. The Balaban J connectivity index is 1.62. The Morgan fingerprint density at radius 3 is 2.91 bits per heavy atom. The van der Waals surface area contributed by atoms with Crippen molar-refractivity contribution in [2.45, 2.75) is 26.1 Å². The van der Waals surface area contributed by atoms with Gasteiger partial charge in [0.25, 0.3) is 0 Å². The normalized spacial score (nSPS) is 10.7. The van der Waals surface area contributed by atoms with Crippen LogP contribution in [0.25, 0.3) is 0 Å². The molecule has 2 amide bonds. The van der Waals surface area contributed by atoms with Crippen molar-refractivity contribution in [1.29, 1.82) is 0 Å². The second-order valence-electron chi connectivity index (χ2n) is 4.83. The van der Waals surface area contributed by atoms with Crippen LogP contribution in [-0.4, -0.2) is 50.4 Å². The number of amides is 2. The smallest absolute Gasteiger partial charge is 0.317 e. The number of aromatic nitrogens is 4. The second-order valence-corrected chi connectivity index (χ2v) is 5.93. The molecular formula is C13H20N6O2S. The molecule has 0 fully saturated rings. The van der Waals surface area contributed by atoms with Gasteiger partial charge in [-0.15, -0.1) is 10.2 Å². The molecule has 0 unspecified atom stereocenters. The summed E-state index contributed by atoms with van der Waals surface area (Å²) in [5, 5.41) is 10.4. The van der Waals surface area contributed by atoms with Crippen LogP contribution >= 0.6 is 11.8 Å². The molecule has 0 saturated heterocycles. The summed E-state index contributed by atoms with van der Waals surface area (Å²) in [5.74, 6) is 2.58. The molecular weight excluding hydrogens is 304 g/mol. The average Bonchev–Trinajstić information content (AvgIpc) is 3.07. The zero-order valence-corrected chi connectivity index (χ0v) is 13.7. The van der Waals surface area contributed by atoms with E-state index in [1.165, 1.54) is 4.90 Å². The second kappa shape index (κ2) is 7.83. The molecule has 0 spiro atoms. The maximum atomic E-state index is 11.9. The number of imidazole rings is 1. The third-order valence-corrected chi connectivity index (χ3v) is 3.95. The highest BCUT2D eigenvalue weighted by atomic mass is 32.2. The van der Waals surface area contributed by atoms with Crippen molar-refractivity contribution in [2.75, 3.05) is 19.3 Å². The number of nitrogens with zero attached hydrogens (tertiary/aromatic N) is 4. The van der Waals surface area contributed by atoms with Crippen LogP contribution in [0.4, 0.5) is 4.79 Å². The van der Waals surface area contributed by atoms with Crippen LogP contribution in [0.5, 0.6) is 0 Å². The quantitative estimate of drug-likeness (QED) is 0.748. The number of H-pyrrole nitrogens is 1. The van der Waals surface area contributed by atoms with Crippen LogP contribution in [0.1, 0.15) is 23.2 Å². The molecule has 9 heteroatoms. The minimum Gasteiger partial charge on any atom is -0.424 e. The number of hydrogen-bond donors (Lipinski definition) is 2. The predicted octanol–water partition coefficient (Wildman–Crippen LogP) is 1.48. The van der Waals surface area contributed by atoms with Crippen LogP contribution in [0.3, 0.4) is 0 Å². The fourth-order valence-corrected chi connectivity index (χ4v) is 2.62. The Kier molecular flexibility index (Phi) is 5.82. The summed E-state index contributed by atoms with van der Waals surface area (Å²) in [6.07, 6.45) is 1.70. The monoisotopic (exact) mass is 324 g/mol. The Hall–Kier alpha value is -2.03. The van der Waals surface area contributed by atoms with Gasteiger partial charge in [-0.1, -0.05) is 0 Å². The number of carbonyl (C=O) groups is 1. The van der Waals surface area contributed by atoms with E-state index in [0.717, 1.165) is 22.9 Å². The maximum Gasteiger partial charge on any atom is 0.317 e. The molecule has 0 aliphatic rings. The van der Waals surface area contributed by atoms with Crippen LogP contribution in [0, 0.1) is 13.8 Å².